The van der Waals surface area contributed by atoms with Gasteiger partial charge < -0.3 is 14.4 Å². The van der Waals surface area contributed by atoms with E-state index in [1.165, 1.54) is 0 Å². The number of rotatable bonds is 4. The second-order valence-electron chi connectivity index (χ2n) is 7.42. The number of likely N-dealkylation sites (tertiary alicyclic amines) is 1. The van der Waals surface area contributed by atoms with Crippen LogP contribution in [-0.2, 0) is 6.54 Å². The normalized spacial score (nSPS) is 15.8. The SMILES string of the molecule is Cl.O=c1[nH]c2ccccc2n1CCN1CCC(c2noc3cc(Cl)ccc23)CC1. The number of H-pyrrole nitrogens is 1. The first-order valence-electron chi connectivity index (χ1n) is 9.64. The highest BCUT2D eigenvalue weighted by Gasteiger charge is 2.25. The van der Waals surface area contributed by atoms with Gasteiger partial charge in [0.15, 0.2) is 5.58 Å². The van der Waals surface area contributed by atoms with Crippen LogP contribution in [0, 0.1) is 0 Å². The van der Waals surface area contributed by atoms with Gasteiger partial charge in [-0.3, -0.25) is 4.57 Å². The van der Waals surface area contributed by atoms with Crippen LogP contribution in [-0.4, -0.2) is 39.2 Å². The maximum atomic E-state index is 12.2. The summed E-state index contributed by atoms with van der Waals surface area (Å²) in [6.07, 6.45) is 2.07. The van der Waals surface area contributed by atoms with Gasteiger partial charge in [-0.2, -0.15) is 0 Å². The van der Waals surface area contributed by atoms with E-state index in [1.54, 1.807) is 0 Å². The summed E-state index contributed by atoms with van der Waals surface area (Å²) < 4.78 is 7.30. The fourth-order valence-corrected chi connectivity index (χ4v) is 4.39. The summed E-state index contributed by atoms with van der Waals surface area (Å²) in [6, 6.07) is 13.5. The lowest BCUT2D eigenvalue weighted by molar-refractivity contribution is 0.202. The number of benzene rings is 2. The topological polar surface area (TPSA) is 67.1 Å². The number of nitrogens with one attached hydrogen (secondary N) is 1. The molecular weight excluding hydrogens is 411 g/mol. The Hall–Kier alpha value is -2.28. The largest absolute Gasteiger partial charge is 0.356 e. The smallest absolute Gasteiger partial charge is 0.326 e. The summed E-state index contributed by atoms with van der Waals surface area (Å²) in [4.78, 5) is 17.6. The average Bonchev–Trinajstić information content (AvgIpc) is 3.26. The van der Waals surface area contributed by atoms with Gasteiger partial charge in [-0.15, -0.1) is 12.4 Å². The van der Waals surface area contributed by atoms with Crippen molar-refractivity contribution in [2.75, 3.05) is 19.6 Å². The predicted molar refractivity (Wildman–Crippen MR) is 117 cm³/mol. The highest BCUT2D eigenvalue weighted by Crippen LogP contribution is 2.33. The molecule has 1 aliphatic heterocycles. The number of para-hydroxylation sites is 2. The second kappa shape index (κ2) is 8.22. The molecule has 1 aliphatic rings. The van der Waals surface area contributed by atoms with Crippen LogP contribution in [0.25, 0.3) is 22.0 Å². The molecule has 0 spiro atoms. The number of hydrogen-bond acceptors (Lipinski definition) is 4. The summed E-state index contributed by atoms with van der Waals surface area (Å²) >= 11 is 6.04. The van der Waals surface area contributed by atoms with Gasteiger partial charge in [0.25, 0.3) is 0 Å². The zero-order chi connectivity index (χ0) is 19.1. The van der Waals surface area contributed by atoms with Gasteiger partial charge in [-0.1, -0.05) is 28.9 Å². The van der Waals surface area contributed by atoms with E-state index in [9.17, 15) is 4.79 Å². The number of aromatic amines is 1. The minimum Gasteiger partial charge on any atom is -0.356 e. The number of nitrogens with zero attached hydrogens (tertiary/aromatic N) is 3. The lowest BCUT2D eigenvalue weighted by atomic mass is 9.91. The molecule has 1 saturated heterocycles. The third-order valence-corrected chi connectivity index (χ3v) is 5.99. The first-order valence-corrected chi connectivity index (χ1v) is 10.0. The van der Waals surface area contributed by atoms with Crippen molar-refractivity contribution in [1.82, 2.24) is 19.6 Å². The zero-order valence-electron chi connectivity index (χ0n) is 15.8. The van der Waals surface area contributed by atoms with Crippen LogP contribution >= 0.6 is 24.0 Å². The van der Waals surface area contributed by atoms with E-state index in [0.717, 1.165) is 60.2 Å². The molecule has 4 aromatic rings. The minimum atomic E-state index is -0.0381. The van der Waals surface area contributed by atoms with Crippen molar-refractivity contribution in [2.45, 2.75) is 25.3 Å². The molecule has 29 heavy (non-hydrogen) atoms. The van der Waals surface area contributed by atoms with Gasteiger partial charge in [-0.25, -0.2) is 4.79 Å². The first-order chi connectivity index (χ1) is 13.7. The van der Waals surface area contributed by atoms with Gasteiger partial charge in [0.2, 0.25) is 0 Å². The lowest BCUT2D eigenvalue weighted by Crippen LogP contribution is -2.36. The summed E-state index contributed by atoms with van der Waals surface area (Å²) in [5.41, 5.74) is 3.62. The molecule has 1 N–H and O–H groups in total. The molecule has 0 unspecified atom stereocenters. The Morgan fingerprint density at radius 1 is 1.14 bits per heavy atom. The Labute approximate surface area is 178 Å². The zero-order valence-corrected chi connectivity index (χ0v) is 17.4. The van der Waals surface area contributed by atoms with Gasteiger partial charge in [-0.05, 0) is 50.2 Å². The van der Waals surface area contributed by atoms with Gasteiger partial charge >= 0.3 is 5.69 Å². The molecule has 6 nitrogen and oxygen atoms in total. The lowest BCUT2D eigenvalue weighted by Gasteiger charge is -2.31. The molecule has 3 heterocycles. The van der Waals surface area contributed by atoms with Crippen molar-refractivity contribution < 1.29 is 4.52 Å². The molecule has 2 aromatic carbocycles. The number of halogens is 2. The Balaban J connectivity index is 0.00000205. The van der Waals surface area contributed by atoms with Gasteiger partial charge in [0.1, 0.15) is 0 Å². The van der Waals surface area contributed by atoms with E-state index in [2.05, 4.69) is 15.0 Å². The van der Waals surface area contributed by atoms with Crippen LogP contribution in [0.5, 0.6) is 0 Å². The number of hydrogen-bond donors (Lipinski definition) is 1. The summed E-state index contributed by atoms with van der Waals surface area (Å²) in [6.45, 7) is 3.54. The molecule has 0 amide bonds. The molecular formula is C21H22Cl2N4O2. The number of fused-ring (bicyclic) bond motifs is 2. The maximum absolute atomic E-state index is 12.2. The van der Waals surface area contributed by atoms with Crippen molar-refractivity contribution in [3.63, 3.8) is 0 Å². The highest BCUT2D eigenvalue weighted by atomic mass is 35.5. The van der Waals surface area contributed by atoms with Crippen LogP contribution in [0.2, 0.25) is 5.02 Å². The van der Waals surface area contributed by atoms with E-state index in [1.807, 2.05) is 47.0 Å². The summed E-state index contributed by atoms with van der Waals surface area (Å²) in [7, 11) is 0. The van der Waals surface area contributed by atoms with E-state index in [0.29, 0.717) is 17.5 Å². The summed E-state index contributed by atoms with van der Waals surface area (Å²) in [5.74, 6) is 0.398. The maximum Gasteiger partial charge on any atom is 0.326 e. The molecule has 8 heteroatoms. The molecule has 0 aliphatic carbocycles. The Bertz CT molecular complexity index is 1190. The standard InChI is InChI=1S/C21H21ClN4O2.ClH/c22-15-5-6-16-19(13-15)28-24-20(16)14-7-9-25(10-8-14)11-12-26-18-4-2-1-3-17(18)23-21(26)27;/h1-6,13-14H,7-12H2,(H,23,27);1H. The molecule has 0 radical (unpaired) electrons. The van der Waals surface area contributed by atoms with E-state index < -0.39 is 0 Å². The Morgan fingerprint density at radius 2 is 1.93 bits per heavy atom. The molecule has 0 bridgehead atoms. The molecule has 152 valence electrons. The molecule has 0 saturated carbocycles. The van der Waals surface area contributed by atoms with Crippen LogP contribution in [0.1, 0.15) is 24.5 Å². The van der Waals surface area contributed by atoms with Crippen molar-refractivity contribution in [2.24, 2.45) is 0 Å². The van der Waals surface area contributed by atoms with E-state index in [4.69, 9.17) is 16.1 Å². The first kappa shape index (κ1) is 20.0. The average molecular weight is 433 g/mol. The molecule has 2 aromatic heterocycles. The minimum absolute atomic E-state index is 0. The van der Waals surface area contributed by atoms with E-state index >= 15 is 0 Å². The number of imidazole rings is 1. The number of piperidine rings is 1. The van der Waals surface area contributed by atoms with Crippen LogP contribution in [0.4, 0.5) is 0 Å². The molecule has 5 rings (SSSR count). The third kappa shape index (κ3) is 3.80. The number of aromatic nitrogens is 3. The molecule has 0 atom stereocenters. The van der Waals surface area contributed by atoms with Crippen LogP contribution in [0.3, 0.4) is 0 Å². The van der Waals surface area contributed by atoms with Crippen molar-refractivity contribution in [3.8, 4) is 0 Å². The molecule has 1 fully saturated rings. The monoisotopic (exact) mass is 432 g/mol. The Morgan fingerprint density at radius 3 is 2.76 bits per heavy atom. The quantitative estimate of drug-likeness (QED) is 0.517. The van der Waals surface area contributed by atoms with Gasteiger partial charge in [0.05, 0.1) is 16.7 Å². The highest BCUT2D eigenvalue weighted by molar-refractivity contribution is 6.31. The van der Waals surface area contributed by atoms with Crippen LogP contribution < -0.4 is 5.69 Å². The van der Waals surface area contributed by atoms with Gasteiger partial charge in [0, 0.05) is 35.5 Å². The van der Waals surface area contributed by atoms with Crippen molar-refractivity contribution in [3.05, 3.63) is 63.7 Å². The summed E-state index contributed by atoms with van der Waals surface area (Å²) in [5, 5.41) is 6.04. The Kier molecular flexibility index (Phi) is 5.67. The fraction of sp³-hybridized carbons (Fsp3) is 0.333. The fourth-order valence-electron chi connectivity index (χ4n) is 4.23. The third-order valence-electron chi connectivity index (χ3n) is 5.76. The van der Waals surface area contributed by atoms with Crippen molar-refractivity contribution in [1.29, 1.82) is 0 Å². The van der Waals surface area contributed by atoms with Crippen LogP contribution in [0.15, 0.2) is 51.8 Å². The van der Waals surface area contributed by atoms with E-state index in [-0.39, 0.29) is 18.1 Å². The van der Waals surface area contributed by atoms with Crippen molar-refractivity contribution >= 4 is 46.0 Å². The second-order valence-corrected chi connectivity index (χ2v) is 7.86. The predicted octanol–water partition coefficient (Wildman–Crippen LogP) is 4.43.